The first-order valence-corrected chi connectivity index (χ1v) is 11.6. The van der Waals surface area contributed by atoms with Crippen LogP contribution in [-0.4, -0.2) is 28.8 Å². The molecule has 0 radical (unpaired) electrons. The zero-order valence-corrected chi connectivity index (χ0v) is 20.3. The molecule has 0 spiro atoms. The lowest BCUT2D eigenvalue weighted by Gasteiger charge is -2.31. The second-order valence-electron chi connectivity index (χ2n) is 7.98. The number of benzene rings is 2. The van der Waals surface area contributed by atoms with Crippen molar-refractivity contribution >= 4 is 35.0 Å². The zero-order chi connectivity index (χ0) is 23.0. The summed E-state index contributed by atoms with van der Waals surface area (Å²) in [5.74, 6) is -0.261. The Hall–Kier alpha value is -2.04. The van der Waals surface area contributed by atoms with Crippen LogP contribution in [0.3, 0.4) is 0 Å². The second-order valence-corrected chi connectivity index (χ2v) is 8.79. The first-order valence-electron chi connectivity index (χ1n) is 10.9. The molecule has 2 aromatic rings. The van der Waals surface area contributed by atoms with E-state index in [-0.39, 0.29) is 24.4 Å². The molecule has 0 aliphatic carbocycles. The third-order valence-electron chi connectivity index (χ3n) is 5.27. The highest BCUT2D eigenvalue weighted by atomic mass is 35.5. The number of rotatable bonds is 10. The van der Waals surface area contributed by atoms with Gasteiger partial charge in [0.15, 0.2) is 0 Å². The van der Waals surface area contributed by atoms with Crippen molar-refractivity contribution in [3.05, 3.63) is 69.2 Å². The van der Waals surface area contributed by atoms with Crippen molar-refractivity contribution in [2.75, 3.05) is 0 Å². The lowest BCUT2D eigenvalue weighted by molar-refractivity contribution is -0.141. The molecule has 0 aliphatic rings. The van der Waals surface area contributed by atoms with Crippen LogP contribution in [0.1, 0.15) is 57.2 Å². The van der Waals surface area contributed by atoms with Crippen molar-refractivity contribution < 1.29 is 9.59 Å². The molecule has 0 unspecified atom stereocenters. The molecule has 2 aromatic carbocycles. The van der Waals surface area contributed by atoms with Gasteiger partial charge < -0.3 is 10.2 Å². The van der Waals surface area contributed by atoms with Gasteiger partial charge in [0.1, 0.15) is 6.04 Å². The summed E-state index contributed by atoms with van der Waals surface area (Å²) in [5.41, 5.74) is 3.02. The first-order chi connectivity index (χ1) is 14.8. The molecule has 6 heteroatoms. The van der Waals surface area contributed by atoms with E-state index in [4.69, 9.17) is 23.2 Å². The Morgan fingerprint density at radius 2 is 1.55 bits per heavy atom. The first kappa shape index (κ1) is 25.2. The Bertz CT molecular complexity index is 861. The third-order valence-corrected chi connectivity index (χ3v) is 5.97. The van der Waals surface area contributed by atoms with Crippen LogP contribution in [0.25, 0.3) is 0 Å². The number of nitrogens with zero attached hydrogens (tertiary/aromatic N) is 1. The lowest BCUT2D eigenvalue weighted by Crippen LogP contribution is -2.50. The molecule has 2 amide bonds. The van der Waals surface area contributed by atoms with E-state index in [0.29, 0.717) is 34.9 Å². The van der Waals surface area contributed by atoms with Crippen molar-refractivity contribution in [1.29, 1.82) is 0 Å². The summed E-state index contributed by atoms with van der Waals surface area (Å²) in [7, 11) is 0. The molecule has 4 nitrogen and oxygen atoms in total. The fraction of sp³-hybridized carbons (Fsp3) is 0.440. The summed E-state index contributed by atoms with van der Waals surface area (Å²) in [6, 6.07) is 12.9. The number of aryl methyl sites for hydroxylation is 2. The summed E-state index contributed by atoms with van der Waals surface area (Å²) in [4.78, 5) is 27.8. The maximum absolute atomic E-state index is 13.3. The van der Waals surface area contributed by atoms with Crippen molar-refractivity contribution in [2.24, 2.45) is 0 Å². The van der Waals surface area contributed by atoms with E-state index in [1.807, 2.05) is 20.8 Å². The van der Waals surface area contributed by atoms with Crippen LogP contribution >= 0.6 is 23.2 Å². The van der Waals surface area contributed by atoms with Crippen LogP contribution in [0.2, 0.25) is 10.0 Å². The van der Waals surface area contributed by atoms with Crippen LogP contribution < -0.4 is 5.32 Å². The molecule has 0 fully saturated rings. The minimum Gasteiger partial charge on any atom is -0.352 e. The topological polar surface area (TPSA) is 49.4 Å². The van der Waals surface area contributed by atoms with E-state index < -0.39 is 6.04 Å². The number of hydrogen-bond acceptors (Lipinski definition) is 2. The number of hydrogen-bond donors (Lipinski definition) is 1. The lowest BCUT2D eigenvalue weighted by atomic mass is 10.0. The fourth-order valence-corrected chi connectivity index (χ4v) is 4.01. The van der Waals surface area contributed by atoms with Gasteiger partial charge in [-0.1, -0.05) is 67.4 Å². The van der Waals surface area contributed by atoms with E-state index in [1.54, 1.807) is 23.1 Å². The summed E-state index contributed by atoms with van der Waals surface area (Å²) in [5, 5.41) is 3.90. The van der Waals surface area contributed by atoms with Crippen molar-refractivity contribution in [1.82, 2.24) is 10.2 Å². The Labute approximate surface area is 195 Å². The van der Waals surface area contributed by atoms with Crippen molar-refractivity contribution in [3.8, 4) is 0 Å². The molecule has 0 saturated carbocycles. The van der Waals surface area contributed by atoms with E-state index in [2.05, 4.69) is 36.5 Å². The summed E-state index contributed by atoms with van der Waals surface area (Å²) in [6.45, 7) is 8.02. The molecular weight excluding hydrogens is 431 g/mol. The predicted molar refractivity (Wildman–Crippen MR) is 129 cm³/mol. The van der Waals surface area contributed by atoms with Gasteiger partial charge in [-0.15, -0.1) is 0 Å². The zero-order valence-electron chi connectivity index (χ0n) is 18.8. The largest absolute Gasteiger partial charge is 0.352 e. The molecule has 0 aromatic heterocycles. The normalized spacial score (nSPS) is 12.0. The standard InChI is InChI=1S/C25H32Cl2N2O2/c1-5-18-10-12-19(13-11-18)14-15-24(30)29(23(6-2)25(31)28-17(3)4)16-20-21(26)8-7-9-22(20)27/h7-13,17,23H,5-6,14-16H2,1-4H3,(H,28,31)/t23-/m0/s1. The summed E-state index contributed by atoms with van der Waals surface area (Å²) in [6.07, 6.45) is 2.39. The maximum atomic E-state index is 13.3. The van der Waals surface area contributed by atoms with Crippen LogP contribution in [0.4, 0.5) is 0 Å². The molecule has 168 valence electrons. The molecule has 2 rings (SSSR count). The van der Waals surface area contributed by atoms with Crippen LogP contribution in [0, 0.1) is 0 Å². The highest BCUT2D eigenvalue weighted by Crippen LogP contribution is 2.27. The van der Waals surface area contributed by atoms with Gasteiger partial charge in [-0.3, -0.25) is 9.59 Å². The third kappa shape index (κ3) is 7.26. The number of nitrogens with one attached hydrogen (secondary N) is 1. The Kier molecular flexibility index (Phi) is 9.86. The van der Waals surface area contributed by atoms with Gasteiger partial charge in [0, 0.05) is 34.6 Å². The van der Waals surface area contributed by atoms with E-state index in [0.717, 1.165) is 12.0 Å². The number of carbonyl (C=O) groups excluding carboxylic acids is 2. The Morgan fingerprint density at radius 3 is 2.06 bits per heavy atom. The van der Waals surface area contributed by atoms with Crippen molar-refractivity contribution in [3.63, 3.8) is 0 Å². The Balaban J connectivity index is 2.25. The van der Waals surface area contributed by atoms with Gasteiger partial charge in [-0.25, -0.2) is 0 Å². The predicted octanol–water partition coefficient (Wildman–Crippen LogP) is 5.82. The van der Waals surface area contributed by atoms with Gasteiger partial charge >= 0.3 is 0 Å². The molecule has 0 bridgehead atoms. The van der Waals surface area contributed by atoms with Crippen molar-refractivity contribution in [2.45, 2.75) is 72.0 Å². The van der Waals surface area contributed by atoms with E-state index in [9.17, 15) is 9.59 Å². The number of amides is 2. The minimum absolute atomic E-state index is 0.0144. The fourth-order valence-electron chi connectivity index (χ4n) is 3.49. The van der Waals surface area contributed by atoms with Crippen LogP contribution in [-0.2, 0) is 29.0 Å². The van der Waals surface area contributed by atoms with Gasteiger partial charge in [0.2, 0.25) is 11.8 Å². The number of carbonyl (C=O) groups is 2. The van der Waals surface area contributed by atoms with Gasteiger partial charge in [0.05, 0.1) is 0 Å². The van der Waals surface area contributed by atoms with Gasteiger partial charge in [0.25, 0.3) is 0 Å². The number of halogens is 2. The summed E-state index contributed by atoms with van der Waals surface area (Å²) >= 11 is 12.7. The maximum Gasteiger partial charge on any atom is 0.243 e. The molecule has 1 atom stereocenters. The quantitative estimate of drug-likeness (QED) is 0.483. The summed E-state index contributed by atoms with van der Waals surface area (Å²) < 4.78 is 0. The molecule has 0 heterocycles. The monoisotopic (exact) mass is 462 g/mol. The minimum atomic E-state index is -0.593. The van der Waals surface area contributed by atoms with Gasteiger partial charge in [-0.05, 0) is 56.4 Å². The van der Waals surface area contributed by atoms with Crippen LogP contribution in [0.15, 0.2) is 42.5 Å². The molecule has 31 heavy (non-hydrogen) atoms. The Morgan fingerprint density at radius 1 is 0.968 bits per heavy atom. The molecule has 0 aliphatic heterocycles. The average molecular weight is 463 g/mol. The SMILES string of the molecule is CCc1ccc(CCC(=O)N(Cc2c(Cl)cccc2Cl)[C@@H](CC)C(=O)NC(C)C)cc1. The average Bonchev–Trinajstić information content (AvgIpc) is 2.73. The molecular formula is C25H32Cl2N2O2. The highest BCUT2D eigenvalue weighted by Gasteiger charge is 2.29. The highest BCUT2D eigenvalue weighted by molar-refractivity contribution is 6.36. The van der Waals surface area contributed by atoms with Crippen LogP contribution in [0.5, 0.6) is 0 Å². The van der Waals surface area contributed by atoms with E-state index >= 15 is 0 Å². The van der Waals surface area contributed by atoms with E-state index in [1.165, 1.54) is 5.56 Å². The second kappa shape index (κ2) is 12.1. The smallest absolute Gasteiger partial charge is 0.243 e. The molecule has 0 saturated heterocycles. The van der Waals surface area contributed by atoms with Gasteiger partial charge in [-0.2, -0.15) is 0 Å². The molecule has 1 N–H and O–H groups in total.